The predicted molar refractivity (Wildman–Crippen MR) is 72.2 cm³/mol. The fourth-order valence-electron chi connectivity index (χ4n) is 1.61. The fraction of sp³-hybridized carbons (Fsp3) is 0.538. The molecule has 4 nitrogen and oxygen atoms in total. The Hall–Kier alpha value is -1.36. The van der Waals surface area contributed by atoms with Crippen LogP contribution in [0.15, 0.2) is 6.07 Å². The van der Waals surface area contributed by atoms with Crippen molar-refractivity contribution in [2.24, 2.45) is 0 Å². The molecule has 0 spiro atoms. The molecule has 1 rings (SSSR count). The minimum absolute atomic E-state index is 0.000405. The molecule has 100 valence electrons. The van der Waals surface area contributed by atoms with E-state index in [0.29, 0.717) is 12.8 Å². The summed E-state index contributed by atoms with van der Waals surface area (Å²) in [6.07, 6.45) is 1.41. The number of nitrogens with one attached hydrogen (secondary N) is 1. The third-order valence-corrected chi connectivity index (χ3v) is 3.95. The molecule has 0 aliphatic heterocycles. The van der Waals surface area contributed by atoms with Crippen molar-refractivity contribution in [3.63, 3.8) is 0 Å². The Labute approximate surface area is 111 Å². The van der Waals surface area contributed by atoms with E-state index in [1.807, 2.05) is 26.8 Å². The molecule has 1 atom stereocenters. The highest BCUT2D eigenvalue weighted by Crippen LogP contribution is 2.20. The molecule has 0 aromatic carbocycles. The molecule has 1 amide bonds. The van der Waals surface area contributed by atoms with E-state index < -0.39 is 5.97 Å². The maximum absolute atomic E-state index is 11.9. The second-order valence-electron chi connectivity index (χ2n) is 4.51. The summed E-state index contributed by atoms with van der Waals surface area (Å²) < 4.78 is 0. The first-order valence-corrected chi connectivity index (χ1v) is 6.81. The number of hydrogen-bond acceptors (Lipinski definition) is 3. The molecule has 0 aliphatic carbocycles. The van der Waals surface area contributed by atoms with E-state index in [1.54, 1.807) is 0 Å². The van der Waals surface area contributed by atoms with Gasteiger partial charge in [-0.3, -0.25) is 9.59 Å². The molecule has 0 aliphatic rings. The first-order chi connectivity index (χ1) is 8.40. The Morgan fingerprint density at radius 2 is 2.11 bits per heavy atom. The van der Waals surface area contributed by atoms with E-state index in [-0.39, 0.29) is 18.4 Å². The number of aliphatic carboxylic acids is 1. The fourth-order valence-corrected chi connectivity index (χ4v) is 2.55. The van der Waals surface area contributed by atoms with E-state index in [2.05, 4.69) is 5.32 Å². The molecular formula is C13H19NO3S. The first kappa shape index (κ1) is 14.7. The number of hydrogen-bond donors (Lipinski definition) is 2. The number of carbonyl (C=O) groups is 2. The largest absolute Gasteiger partial charge is 0.481 e. The molecule has 0 saturated heterocycles. The highest BCUT2D eigenvalue weighted by atomic mass is 32.1. The Kier molecular flexibility index (Phi) is 5.34. The van der Waals surface area contributed by atoms with Crippen LogP contribution >= 0.6 is 11.3 Å². The monoisotopic (exact) mass is 269 g/mol. The summed E-state index contributed by atoms with van der Waals surface area (Å²) in [5, 5.41) is 11.4. The summed E-state index contributed by atoms with van der Waals surface area (Å²) in [6, 6.07) is 1.89. The van der Waals surface area contributed by atoms with Crippen molar-refractivity contribution in [3.8, 4) is 0 Å². The van der Waals surface area contributed by atoms with Crippen LogP contribution in [0, 0.1) is 13.8 Å². The van der Waals surface area contributed by atoms with Gasteiger partial charge in [0.1, 0.15) is 0 Å². The number of carboxylic acid groups (broad SMARTS) is 1. The lowest BCUT2D eigenvalue weighted by Gasteiger charge is -2.12. The zero-order valence-electron chi connectivity index (χ0n) is 10.9. The van der Waals surface area contributed by atoms with Crippen molar-refractivity contribution in [1.29, 1.82) is 0 Å². The maximum atomic E-state index is 11.9. The maximum Gasteiger partial charge on any atom is 0.303 e. The van der Waals surface area contributed by atoms with Crippen LogP contribution in [0.5, 0.6) is 0 Å². The second kappa shape index (κ2) is 6.54. The minimum atomic E-state index is -0.793. The normalized spacial score (nSPS) is 12.2. The lowest BCUT2D eigenvalue weighted by Crippen LogP contribution is -2.32. The second-order valence-corrected chi connectivity index (χ2v) is 5.77. The van der Waals surface area contributed by atoms with Crippen LogP contribution in [-0.2, 0) is 4.79 Å². The van der Waals surface area contributed by atoms with Crippen molar-refractivity contribution >= 4 is 23.2 Å². The van der Waals surface area contributed by atoms with Gasteiger partial charge in [0.25, 0.3) is 5.91 Å². The van der Waals surface area contributed by atoms with Crippen LogP contribution < -0.4 is 5.32 Å². The molecule has 1 unspecified atom stereocenters. The van der Waals surface area contributed by atoms with Gasteiger partial charge < -0.3 is 10.4 Å². The molecular weight excluding hydrogens is 250 g/mol. The SMILES string of the molecule is Cc1cc(C(=O)NC(C)CCCC(=O)O)sc1C. The first-order valence-electron chi connectivity index (χ1n) is 6.00. The van der Waals surface area contributed by atoms with E-state index in [1.165, 1.54) is 11.3 Å². The van der Waals surface area contributed by atoms with Crippen molar-refractivity contribution in [3.05, 3.63) is 21.4 Å². The zero-order valence-corrected chi connectivity index (χ0v) is 11.8. The number of carbonyl (C=O) groups excluding carboxylic acids is 1. The molecule has 1 aromatic heterocycles. The van der Waals surface area contributed by atoms with E-state index in [4.69, 9.17) is 5.11 Å². The van der Waals surface area contributed by atoms with Gasteiger partial charge in [0.05, 0.1) is 4.88 Å². The molecule has 2 N–H and O–H groups in total. The molecule has 5 heteroatoms. The third kappa shape index (κ3) is 4.49. The Morgan fingerprint density at radius 3 is 2.61 bits per heavy atom. The Balaban J connectivity index is 2.42. The van der Waals surface area contributed by atoms with Gasteiger partial charge in [0.2, 0.25) is 0 Å². The highest BCUT2D eigenvalue weighted by molar-refractivity contribution is 7.14. The summed E-state index contributed by atoms with van der Waals surface area (Å²) in [6.45, 7) is 5.87. The van der Waals surface area contributed by atoms with Crippen molar-refractivity contribution in [2.75, 3.05) is 0 Å². The predicted octanol–water partition coefficient (Wildman–Crippen LogP) is 2.74. The number of rotatable bonds is 6. The Bertz CT molecular complexity index is 420. The van der Waals surface area contributed by atoms with Crippen molar-refractivity contribution < 1.29 is 14.7 Å². The molecule has 0 saturated carbocycles. The average Bonchev–Trinajstić information content (AvgIpc) is 2.58. The molecule has 18 heavy (non-hydrogen) atoms. The topological polar surface area (TPSA) is 66.4 Å². The van der Waals surface area contributed by atoms with Gasteiger partial charge in [-0.1, -0.05) is 0 Å². The number of amides is 1. The number of thiophene rings is 1. The van der Waals surface area contributed by atoms with Gasteiger partial charge >= 0.3 is 5.97 Å². The Morgan fingerprint density at radius 1 is 1.44 bits per heavy atom. The molecule has 1 aromatic rings. The molecule has 0 radical (unpaired) electrons. The van der Waals surface area contributed by atoms with Crippen LogP contribution in [0.4, 0.5) is 0 Å². The van der Waals surface area contributed by atoms with E-state index in [9.17, 15) is 9.59 Å². The molecule has 1 heterocycles. The average molecular weight is 269 g/mol. The van der Waals surface area contributed by atoms with Gasteiger partial charge in [-0.25, -0.2) is 0 Å². The summed E-state index contributed by atoms with van der Waals surface area (Å²) in [7, 11) is 0. The zero-order chi connectivity index (χ0) is 13.7. The van der Waals surface area contributed by atoms with Crippen LogP contribution in [0.3, 0.4) is 0 Å². The van der Waals surface area contributed by atoms with Crippen LogP contribution in [-0.4, -0.2) is 23.0 Å². The van der Waals surface area contributed by atoms with Crippen LogP contribution in [0.25, 0.3) is 0 Å². The number of carboxylic acids is 1. The van der Waals surface area contributed by atoms with Gasteiger partial charge in [-0.15, -0.1) is 11.3 Å². The number of aryl methyl sites for hydroxylation is 2. The van der Waals surface area contributed by atoms with Crippen molar-refractivity contribution in [1.82, 2.24) is 5.32 Å². The molecule has 0 fully saturated rings. The van der Waals surface area contributed by atoms with Crippen molar-refractivity contribution in [2.45, 2.75) is 46.1 Å². The standard InChI is InChI=1S/C13H19NO3S/c1-8-7-11(18-10(8)3)13(17)14-9(2)5-4-6-12(15)16/h7,9H,4-6H2,1-3H3,(H,14,17)(H,15,16). The summed E-state index contributed by atoms with van der Waals surface area (Å²) in [5.41, 5.74) is 1.13. The highest BCUT2D eigenvalue weighted by Gasteiger charge is 2.13. The van der Waals surface area contributed by atoms with Gasteiger partial charge in [0, 0.05) is 17.3 Å². The summed E-state index contributed by atoms with van der Waals surface area (Å²) in [4.78, 5) is 24.1. The smallest absolute Gasteiger partial charge is 0.303 e. The van der Waals surface area contributed by atoms with Crippen LogP contribution in [0.2, 0.25) is 0 Å². The quantitative estimate of drug-likeness (QED) is 0.834. The minimum Gasteiger partial charge on any atom is -0.481 e. The third-order valence-electron chi connectivity index (χ3n) is 2.80. The van der Waals surface area contributed by atoms with Gasteiger partial charge in [-0.2, -0.15) is 0 Å². The van der Waals surface area contributed by atoms with E-state index >= 15 is 0 Å². The summed E-state index contributed by atoms with van der Waals surface area (Å²) in [5.74, 6) is -0.864. The lowest BCUT2D eigenvalue weighted by molar-refractivity contribution is -0.137. The van der Waals surface area contributed by atoms with Gasteiger partial charge in [-0.05, 0) is 45.2 Å². The van der Waals surface area contributed by atoms with E-state index in [0.717, 1.165) is 15.3 Å². The summed E-state index contributed by atoms with van der Waals surface area (Å²) >= 11 is 1.49. The van der Waals surface area contributed by atoms with Crippen LogP contribution in [0.1, 0.15) is 46.3 Å². The lowest BCUT2D eigenvalue weighted by atomic mass is 10.1. The van der Waals surface area contributed by atoms with Gasteiger partial charge in [0.15, 0.2) is 0 Å². The molecule has 0 bridgehead atoms.